The van der Waals surface area contributed by atoms with Gasteiger partial charge in [-0.1, -0.05) is 43.1 Å². The molecular formula is C25H33ClN2O4. The van der Waals surface area contributed by atoms with Crippen LogP contribution in [0.1, 0.15) is 44.2 Å². The molecule has 1 N–H and O–H groups in total. The largest absolute Gasteiger partial charge is 0.493 e. The highest BCUT2D eigenvalue weighted by Crippen LogP contribution is 2.28. The second-order valence-corrected chi connectivity index (χ2v) is 8.10. The van der Waals surface area contributed by atoms with Gasteiger partial charge in [0, 0.05) is 24.5 Å². The maximum Gasteiger partial charge on any atom is 0.242 e. The molecule has 0 heterocycles. The van der Waals surface area contributed by atoms with Crippen LogP contribution in [0.5, 0.6) is 11.5 Å². The molecule has 0 bridgehead atoms. The summed E-state index contributed by atoms with van der Waals surface area (Å²) < 4.78 is 10.6. The lowest BCUT2D eigenvalue weighted by Gasteiger charge is -2.29. The number of nitrogens with one attached hydrogen (secondary N) is 1. The average molecular weight is 461 g/mol. The van der Waals surface area contributed by atoms with Gasteiger partial charge in [-0.25, -0.2) is 0 Å². The Morgan fingerprint density at radius 1 is 1.06 bits per heavy atom. The van der Waals surface area contributed by atoms with Crippen molar-refractivity contribution in [1.29, 1.82) is 0 Å². The average Bonchev–Trinajstić information content (AvgIpc) is 2.80. The van der Waals surface area contributed by atoms with Gasteiger partial charge in [0.05, 0.1) is 14.2 Å². The first kappa shape index (κ1) is 25.5. The number of unbranched alkanes of at least 4 members (excludes halogenated alkanes) is 1. The van der Waals surface area contributed by atoms with E-state index in [1.807, 2.05) is 36.4 Å². The van der Waals surface area contributed by atoms with Crippen molar-refractivity contribution in [3.8, 4) is 11.5 Å². The van der Waals surface area contributed by atoms with Gasteiger partial charge in [-0.3, -0.25) is 9.59 Å². The Hall–Kier alpha value is -2.73. The fourth-order valence-electron chi connectivity index (χ4n) is 3.38. The standard InChI is InChI=1S/C25H33ClN2O4/c1-5-6-14-27-25(30)18(2)28(17-20-8-7-9-21(26)15-20)24(29)13-11-19-10-12-22(31-3)23(16-19)32-4/h7-10,12,15-16,18H,5-6,11,13-14,17H2,1-4H3,(H,27,30)/t18-/m0/s1. The number of aryl methyl sites for hydroxylation is 1. The highest BCUT2D eigenvalue weighted by molar-refractivity contribution is 6.30. The van der Waals surface area contributed by atoms with E-state index in [-0.39, 0.29) is 18.2 Å². The van der Waals surface area contributed by atoms with Gasteiger partial charge in [-0.05, 0) is 55.2 Å². The summed E-state index contributed by atoms with van der Waals surface area (Å²) in [7, 11) is 3.17. The van der Waals surface area contributed by atoms with Crippen LogP contribution in [-0.4, -0.2) is 43.5 Å². The molecule has 2 amide bonds. The number of hydrogen-bond donors (Lipinski definition) is 1. The maximum atomic E-state index is 13.2. The van der Waals surface area contributed by atoms with E-state index in [9.17, 15) is 9.59 Å². The van der Waals surface area contributed by atoms with E-state index in [1.165, 1.54) is 0 Å². The number of halogens is 1. The molecule has 6 nitrogen and oxygen atoms in total. The monoisotopic (exact) mass is 460 g/mol. The van der Waals surface area contributed by atoms with Crippen molar-refractivity contribution >= 4 is 23.4 Å². The Bertz CT molecular complexity index is 903. The fraction of sp³-hybridized carbons (Fsp3) is 0.440. The lowest BCUT2D eigenvalue weighted by molar-refractivity contribution is -0.140. The van der Waals surface area contributed by atoms with Gasteiger partial charge in [0.15, 0.2) is 11.5 Å². The number of carbonyl (C=O) groups is 2. The molecule has 174 valence electrons. The van der Waals surface area contributed by atoms with Gasteiger partial charge in [0.2, 0.25) is 11.8 Å². The summed E-state index contributed by atoms with van der Waals surface area (Å²) in [5, 5.41) is 3.53. The van der Waals surface area contributed by atoms with E-state index in [0.717, 1.165) is 24.0 Å². The van der Waals surface area contributed by atoms with Crippen LogP contribution in [0.3, 0.4) is 0 Å². The second-order valence-electron chi connectivity index (χ2n) is 7.66. The molecule has 0 radical (unpaired) electrons. The number of benzene rings is 2. The number of hydrogen-bond acceptors (Lipinski definition) is 4. The molecule has 0 fully saturated rings. The first-order valence-electron chi connectivity index (χ1n) is 10.9. The van der Waals surface area contributed by atoms with E-state index in [1.54, 1.807) is 32.1 Å². The Kier molecular flexibility index (Phi) is 10.3. The van der Waals surface area contributed by atoms with E-state index in [2.05, 4.69) is 12.2 Å². The summed E-state index contributed by atoms with van der Waals surface area (Å²) in [6, 6.07) is 12.4. The third-order valence-corrected chi connectivity index (χ3v) is 5.55. The Labute approximate surface area is 195 Å². The highest BCUT2D eigenvalue weighted by atomic mass is 35.5. The lowest BCUT2D eigenvalue weighted by Crippen LogP contribution is -2.47. The number of methoxy groups -OCH3 is 2. The second kappa shape index (κ2) is 13.0. The number of ether oxygens (including phenoxy) is 2. The number of rotatable bonds is 12. The molecule has 0 unspecified atom stereocenters. The molecule has 0 aliphatic rings. The summed E-state index contributed by atoms with van der Waals surface area (Å²) in [6.07, 6.45) is 2.68. The Morgan fingerprint density at radius 3 is 2.47 bits per heavy atom. The van der Waals surface area contributed by atoms with Crippen molar-refractivity contribution in [2.45, 2.75) is 52.1 Å². The summed E-state index contributed by atoms with van der Waals surface area (Å²) in [6.45, 7) is 4.75. The topological polar surface area (TPSA) is 67.9 Å². The minimum absolute atomic E-state index is 0.0992. The molecule has 0 aromatic heterocycles. The van der Waals surface area contributed by atoms with Crippen molar-refractivity contribution in [2.75, 3.05) is 20.8 Å². The number of amides is 2. The Morgan fingerprint density at radius 2 is 1.81 bits per heavy atom. The molecule has 0 aliphatic carbocycles. The van der Waals surface area contributed by atoms with Crippen molar-refractivity contribution in [3.63, 3.8) is 0 Å². The van der Waals surface area contributed by atoms with Crippen molar-refractivity contribution in [1.82, 2.24) is 10.2 Å². The van der Waals surface area contributed by atoms with Crippen LogP contribution in [-0.2, 0) is 22.6 Å². The van der Waals surface area contributed by atoms with Gasteiger partial charge >= 0.3 is 0 Å². The molecule has 0 spiro atoms. The van der Waals surface area contributed by atoms with Gasteiger partial charge in [-0.2, -0.15) is 0 Å². The summed E-state index contributed by atoms with van der Waals surface area (Å²) in [4.78, 5) is 27.5. The zero-order valence-electron chi connectivity index (χ0n) is 19.3. The zero-order chi connectivity index (χ0) is 23.5. The van der Waals surface area contributed by atoms with Gasteiger partial charge in [0.1, 0.15) is 6.04 Å². The van der Waals surface area contributed by atoms with Crippen molar-refractivity contribution in [2.24, 2.45) is 0 Å². The molecule has 32 heavy (non-hydrogen) atoms. The minimum atomic E-state index is -0.594. The van der Waals surface area contributed by atoms with E-state index in [0.29, 0.717) is 36.0 Å². The molecule has 0 saturated carbocycles. The predicted molar refractivity (Wildman–Crippen MR) is 127 cm³/mol. The summed E-state index contributed by atoms with van der Waals surface area (Å²) >= 11 is 6.12. The first-order valence-corrected chi connectivity index (χ1v) is 11.3. The first-order chi connectivity index (χ1) is 15.4. The summed E-state index contributed by atoms with van der Waals surface area (Å²) in [5.74, 6) is 1.01. The van der Waals surface area contributed by atoms with Crippen LogP contribution >= 0.6 is 11.6 Å². The van der Waals surface area contributed by atoms with E-state index < -0.39 is 6.04 Å². The highest BCUT2D eigenvalue weighted by Gasteiger charge is 2.26. The Balaban J connectivity index is 2.14. The van der Waals surface area contributed by atoms with Crippen molar-refractivity contribution in [3.05, 3.63) is 58.6 Å². The van der Waals surface area contributed by atoms with Gasteiger partial charge in [-0.15, -0.1) is 0 Å². The number of carbonyl (C=O) groups excluding carboxylic acids is 2. The van der Waals surface area contributed by atoms with Crippen LogP contribution in [0, 0.1) is 0 Å². The van der Waals surface area contributed by atoms with Crippen LogP contribution < -0.4 is 14.8 Å². The van der Waals surface area contributed by atoms with Crippen molar-refractivity contribution < 1.29 is 19.1 Å². The smallest absolute Gasteiger partial charge is 0.242 e. The van der Waals surface area contributed by atoms with Gasteiger partial charge in [0.25, 0.3) is 0 Å². The molecule has 1 atom stereocenters. The molecule has 2 aromatic carbocycles. The van der Waals surface area contributed by atoms with Crippen LogP contribution in [0.15, 0.2) is 42.5 Å². The molecule has 2 rings (SSSR count). The SMILES string of the molecule is CCCCNC(=O)[C@H](C)N(Cc1cccc(Cl)c1)C(=O)CCc1ccc(OC)c(OC)c1. The minimum Gasteiger partial charge on any atom is -0.493 e. The molecular weight excluding hydrogens is 428 g/mol. The van der Waals surface area contributed by atoms with Crippen LogP contribution in [0.2, 0.25) is 5.02 Å². The van der Waals surface area contributed by atoms with Crippen LogP contribution in [0.25, 0.3) is 0 Å². The van der Waals surface area contributed by atoms with E-state index in [4.69, 9.17) is 21.1 Å². The predicted octanol–water partition coefficient (Wildman–Crippen LogP) is 4.62. The molecule has 0 saturated heterocycles. The molecule has 7 heteroatoms. The quantitative estimate of drug-likeness (QED) is 0.469. The van der Waals surface area contributed by atoms with E-state index >= 15 is 0 Å². The number of nitrogens with zero attached hydrogens (tertiary/aromatic N) is 1. The fourth-order valence-corrected chi connectivity index (χ4v) is 3.59. The normalized spacial score (nSPS) is 11.5. The van der Waals surface area contributed by atoms with Gasteiger partial charge < -0.3 is 19.7 Å². The maximum absolute atomic E-state index is 13.2. The summed E-state index contributed by atoms with van der Waals surface area (Å²) in [5.41, 5.74) is 1.84. The molecule has 2 aromatic rings. The lowest BCUT2D eigenvalue weighted by atomic mass is 10.1. The van der Waals surface area contributed by atoms with Crippen LogP contribution in [0.4, 0.5) is 0 Å². The third-order valence-electron chi connectivity index (χ3n) is 5.31. The zero-order valence-corrected chi connectivity index (χ0v) is 20.1. The third kappa shape index (κ3) is 7.45. The molecule has 0 aliphatic heterocycles.